The summed E-state index contributed by atoms with van der Waals surface area (Å²) >= 11 is 3.48. The quantitative estimate of drug-likeness (QED) is 0.188. The summed E-state index contributed by atoms with van der Waals surface area (Å²) in [6, 6.07) is 0.285. The number of aryl methyl sites for hydroxylation is 1. The van der Waals surface area contributed by atoms with Gasteiger partial charge in [-0.2, -0.15) is 18.6 Å². The first-order valence-corrected chi connectivity index (χ1v) is 13.6. The monoisotopic (exact) mass is 593 g/mol. The Morgan fingerprint density at radius 2 is 2.13 bits per heavy atom. The van der Waals surface area contributed by atoms with Gasteiger partial charge < -0.3 is 15.7 Å². The van der Waals surface area contributed by atoms with Gasteiger partial charge in [0.25, 0.3) is 11.6 Å². The van der Waals surface area contributed by atoms with Crippen LogP contribution in [0.2, 0.25) is 0 Å². The number of thioether (sulfide) groups is 2. The van der Waals surface area contributed by atoms with E-state index in [1.807, 2.05) is 0 Å². The molecule has 204 valence electrons. The van der Waals surface area contributed by atoms with Gasteiger partial charge in [0, 0.05) is 29.0 Å². The highest BCUT2D eigenvalue weighted by atomic mass is 32.2. The number of nitrogens with one attached hydrogen (secondary N) is 3. The van der Waals surface area contributed by atoms with E-state index >= 15 is 0 Å². The number of halogens is 3. The van der Waals surface area contributed by atoms with E-state index in [1.54, 1.807) is 23.8 Å². The number of aromatic nitrogens is 4. The van der Waals surface area contributed by atoms with Gasteiger partial charge in [-0.1, -0.05) is 29.6 Å². The number of quaternary nitrogens is 1. The predicted octanol–water partition coefficient (Wildman–Crippen LogP) is 1.16. The Morgan fingerprint density at radius 1 is 1.37 bits per heavy atom. The maximum Gasteiger partial charge on any atom is 0.405 e. The summed E-state index contributed by atoms with van der Waals surface area (Å²) < 4.78 is 38.0. The van der Waals surface area contributed by atoms with Gasteiger partial charge in [-0.05, 0) is 21.9 Å². The van der Waals surface area contributed by atoms with Crippen molar-refractivity contribution in [3.05, 3.63) is 33.7 Å². The number of carboxylic acid groups (broad SMARTS) is 1. The highest BCUT2D eigenvalue weighted by molar-refractivity contribution is 8.00. The average molecular weight is 594 g/mol. The second-order valence-electron chi connectivity index (χ2n) is 8.08. The van der Waals surface area contributed by atoms with Crippen LogP contribution in [-0.4, -0.2) is 83.3 Å². The van der Waals surface area contributed by atoms with E-state index in [9.17, 15) is 37.5 Å². The molecule has 0 bridgehead atoms. The van der Waals surface area contributed by atoms with Gasteiger partial charge >= 0.3 is 24.1 Å². The molecule has 0 spiro atoms. The lowest BCUT2D eigenvalue weighted by atomic mass is 10.1. The summed E-state index contributed by atoms with van der Waals surface area (Å²) in [5.41, 5.74) is 2.53. The number of fused-ring (bicyclic) bond motifs is 1. The Bertz CT molecular complexity index is 1280. The number of aliphatic carboxylic acids is 1. The number of amides is 4. The van der Waals surface area contributed by atoms with E-state index in [2.05, 4.69) is 26.3 Å². The zero-order valence-electron chi connectivity index (χ0n) is 19.4. The third kappa shape index (κ3) is 5.64. The molecule has 3 atom stereocenters. The van der Waals surface area contributed by atoms with Crippen LogP contribution in [0.5, 0.6) is 0 Å². The fourth-order valence-corrected chi connectivity index (χ4v) is 7.01. The van der Waals surface area contributed by atoms with Crippen LogP contribution in [0.3, 0.4) is 0 Å². The van der Waals surface area contributed by atoms with Crippen LogP contribution in [0.15, 0.2) is 33.9 Å². The van der Waals surface area contributed by atoms with Gasteiger partial charge in [-0.15, -0.1) is 21.0 Å². The van der Waals surface area contributed by atoms with Crippen molar-refractivity contribution in [3.8, 4) is 0 Å². The molecule has 0 radical (unpaired) electrons. The number of carboxylic acids is 1. The molecule has 4 rings (SSSR count). The van der Waals surface area contributed by atoms with Crippen molar-refractivity contribution in [2.75, 3.05) is 18.1 Å². The summed E-state index contributed by atoms with van der Waals surface area (Å²) in [7, 11) is 1.61. The minimum absolute atomic E-state index is 0.00147. The number of hydrogen-bond donors (Lipinski definition) is 4. The van der Waals surface area contributed by atoms with Crippen LogP contribution in [0.25, 0.3) is 0 Å². The molecule has 19 heteroatoms. The molecule has 2 aliphatic heterocycles. The third-order valence-corrected chi connectivity index (χ3v) is 8.99. The summed E-state index contributed by atoms with van der Waals surface area (Å²) in [6.07, 6.45) is -4.67. The van der Waals surface area contributed by atoms with Crippen LogP contribution < -0.4 is 16.1 Å². The summed E-state index contributed by atoms with van der Waals surface area (Å²) in [5.74, 6) is -2.56. The van der Waals surface area contributed by atoms with Crippen molar-refractivity contribution in [1.82, 2.24) is 36.3 Å². The van der Waals surface area contributed by atoms with E-state index in [-0.39, 0.29) is 28.5 Å². The third-order valence-electron chi connectivity index (χ3n) is 5.57. The predicted molar refractivity (Wildman–Crippen MR) is 128 cm³/mol. The van der Waals surface area contributed by atoms with Gasteiger partial charge in [-0.25, -0.2) is 19.1 Å². The second kappa shape index (κ2) is 10.9. The van der Waals surface area contributed by atoms with Crippen molar-refractivity contribution in [3.63, 3.8) is 0 Å². The molecule has 1 fully saturated rings. The van der Waals surface area contributed by atoms with Crippen LogP contribution in [0, 0.1) is 0 Å². The number of urea groups is 1. The van der Waals surface area contributed by atoms with Gasteiger partial charge in [0.15, 0.2) is 5.37 Å². The lowest BCUT2D eigenvalue weighted by Crippen LogP contribution is -2.77. The van der Waals surface area contributed by atoms with E-state index in [0.717, 1.165) is 23.1 Å². The van der Waals surface area contributed by atoms with Crippen LogP contribution in [-0.2, 0) is 21.4 Å². The lowest BCUT2D eigenvalue weighted by molar-refractivity contribution is -0.886. The van der Waals surface area contributed by atoms with Crippen molar-refractivity contribution >= 4 is 58.7 Å². The van der Waals surface area contributed by atoms with Crippen LogP contribution in [0.4, 0.5) is 18.0 Å². The number of hydrogen-bond acceptors (Lipinski definition) is 10. The number of rotatable bonds is 9. The number of nitrogens with zero attached hydrogens (tertiary/aromatic N) is 5. The molecule has 4 N–H and O–H groups in total. The smallest absolute Gasteiger partial charge is 0.405 e. The Kier molecular flexibility index (Phi) is 8.00. The highest BCUT2D eigenvalue weighted by Gasteiger charge is 2.66. The van der Waals surface area contributed by atoms with Crippen LogP contribution in [0.1, 0.15) is 17.3 Å². The molecular formula is C19H20F3N8O5S3+. The summed E-state index contributed by atoms with van der Waals surface area (Å²) in [5, 5.41) is 26.4. The average Bonchev–Trinajstić information content (AvgIpc) is 3.51. The first-order chi connectivity index (χ1) is 17.9. The number of carbonyl (C=O) groups is 4. The molecule has 0 saturated carbocycles. The summed E-state index contributed by atoms with van der Waals surface area (Å²) in [6.45, 7) is -1.62. The molecule has 0 aromatic carbocycles. The zero-order chi connectivity index (χ0) is 27.7. The number of tetrazole rings is 1. The van der Waals surface area contributed by atoms with Crippen molar-refractivity contribution in [2.45, 2.75) is 29.2 Å². The molecule has 38 heavy (non-hydrogen) atoms. The zero-order valence-corrected chi connectivity index (χ0v) is 21.8. The maximum absolute atomic E-state index is 13.4. The van der Waals surface area contributed by atoms with Gasteiger partial charge in [-0.3, -0.25) is 4.79 Å². The maximum atomic E-state index is 13.4. The molecule has 2 aliphatic rings. The van der Waals surface area contributed by atoms with E-state index < -0.39 is 52.5 Å². The number of thiophene rings is 1. The first kappa shape index (κ1) is 27.9. The molecule has 2 aromatic heterocycles. The number of carbonyl (C=O) groups excluding carboxylic acids is 3. The highest BCUT2D eigenvalue weighted by Crippen LogP contribution is 2.47. The standard InChI is InChI=1S/C19H19F3N8O5S3/c1-29-18(25-27-28-29)38-7-9-6-37-12-5-11(31)30(12,14(9)16(33)34)26-15(32)13(10-3-2-4-36-10)24-17(35)23-8-19(20,21)22/h2-4,12-13H,5-8H2,1H3,(H3-,23,24,26,32,33,34,35)/p+1. The minimum atomic E-state index is -4.67. The van der Waals surface area contributed by atoms with Gasteiger partial charge in [0.1, 0.15) is 19.0 Å². The van der Waals surface area contributed by atoms with Crippen LogP contribution >= 0.6 is 34.9 Å². The molecule has 2 aromatic rings. The molecule has 13 nitrogen and oxygen atoms in total. The number of alkyl halides is 3. The lowest BCUT2D eigenvalue weighted by Gasteiger charge is -2.49. The fourth-order valence-electron chi connectivity index (χ4n) is 3.85. The molecule has 0 aliphatic carbocycles. The first-order valence-electron chi connectivity index (χ1n) is 10.7. The normalized spacial score (nSPS) is 21.8. The van der Waals surface area contributed by atoms with Gasteiger partial charge in [0.05, 0.1) is 0 Å². The SMILES string of the molecule is Cn1nnnc1SCC1=C(C(=O)O)[N+]2(NC(=O)C(NC(=O)NCC(F)(F)F)c3cccs3)C(=O)CC2SC1. The van der Waals surface area contributed by atoms with E-state index in [4.69, 9.17) is 0 Å². The topological polar surface area (TPSA) is 168 Å². The molecular weight excluding hydrogens is 573 g/mol. The van der Waals surface area contributed by atoms with Crippen molar-refractivity contribution in [1.29, 1.82) is 0 Å². The second-order valence-corrected chi connectivity index (χ2v) is 11.2. The largest absolute Gasteiger partial charge is 0.474 e. The van der Waals surface area contributed by atoms with E-state index in [1.165, 1.54) is 22.5 Å². The van der Waals surface area contributed by atoms with Crippen molar-refractivity contribution < 1.29 is 42.0 Å². The molecule has 4 heterocycles. The minimum Gasteiger partial charge on any atom is -0.474 e. The summed E-state index contributed by atoms with van der Waals surface area (Å²) in [4.78, 5) is 51.3. The Hall–Kier alpha value is -3.16. The van der Waals surface area contributed by atoms with E-state index in [0.29, 0.717) is 10.7 Å². The Balaban J connectivity index is 1.62. The molecule has 4 amide bonds. The molecule has 1 saturated heterocycles. The number of β-lactam (4-membered cyclic amide) rings is 1. The molecule has 3 unspecified atom stereocenters. The Morgan fingerprint density at radius 3 is 2.71 bits per heavy atom. The Labute approximate surface area is 224 Å². The fraction of sp³-hybridized carbons (Fsp3) is 0.421. The van der Waals surface area contributed by atoms with Gasteiger partial charge in [0.2, 0.25) is 5.16 Å². The van der Waals surface area contributed by atoms with Crippen molar-refractivity contribution in [2.24, 2.45) is 7.05 Å².